The highest BCUT2D eigenvalue weighted by atomic mass is 32.1. The van der Waals surface area contributed by atoms with Gasteiger partial charge < -0.3 is 15.8 Å². The molecule has 1 aromatic carbocycles. The van der Waals surface area contributed by atoms with Crippen molar-refractivity contribution in [1.82, 2.24) is 0 Å². The van der Waals surface area contributed by atoms with Gasteiger partial charge in [0.15, 0.2) is 0 Å². The Balaban J connectivity index is 1.92. The molecule has 0 atom stereocenters. The number of benzene rings is 1. The molecule has 3 N–H and O–H groups in total. The molecule has 19 heavy (non-hydrogen) atoms. The number of hydrogen-bond donors (Lipinski definition) is 2. The van der Waals surface area contributed by atoms with Gasteiger partial charge in [0.25, 0.3) is 0 Å². The Labute approximate surface area is 116 Å². The highest BCUT2D eigenvalue weighted by Crippen LogP contribution is 2.29. The van der Waals surface area contributed by atoms with E-state index < -0.39 is 5.97 Å². The molecule has 1 heterocycles. The summed E-state index contributed by atoms with van der Waals surface area (Å²) < 4.78 is 4.67. The van der Waals surface area contributed by atoms with E-state index in [2.05, 4.69) is 22.2 Å². The third kappa shape index (κ3) is 3.48. The molecule has 0 fully saturated rings. The maximum absolute atomic E-state index is 11.4. The third-order valence-electron chi connectivity index (χ3n) is 2.69. The van der Waals surface area contributed by atoms with Crippen molar-refractivity contribution in [1.29, 1.82) is 0 Å². The number of nitrogens with one attached hydrogen (secondary N) is 1. The molecular formula is C14H16N2O2S. The zero-order valence-electron chi connectivity index (χ0n) is 10.7. The number of carbonyl (C=O) groups excluding carboxylic acids is 1. The summed E-state index contributed by atoms with van der Waals surface area (Å²) in [6.07, 6.45) is 0.923. The zero-order valence-corrected chi connectivity index (χ0v) is 11.5. The Bertz CT molecular complexity index is 552. The van der Waals surface area contributed by atoms with Gasteiger partial charge in [0.05, 0.1) is 17.8 Å². The summed E-state index contributed by atoms with van der Waals surface area (Å²) in [5, 5.41) is 4.15. The van der Waals surface area contributed by atoms with E-state index in [4.69, 9.17) is 5.73 Å². The second-order valence-electron chi connectivity index (χ2n) is 4.05. The fourth-order valence-corrected chi connectivity index (χ4v) is 2.64. The highest BCUT2D eigenvalue weighted by molar-refractivity contribution is 7.18. The van der Waals surface area contributed by atoms with Crippen LogP contribution in [0.3, 0.4) is 0 Å². The first-order valence-corrected chi connectivity index (χ1v) is 6.78. The lowest BCUT2D eigenvalue weighted by Crippen LogP contribution is -2.03. The van der Waals surface area contributed by atoms with Crippen molar-refractivity contribution in [2.45, 2.75) is 6.42 Å². The van der Waals surface area contributed by atoms with Gasteiger partial charge in [-0.25, -0.2) is 4.79 Å². The highest BCUT2D eigenvalue weighted by Gasteiger charge is 2.14. The Kier molecular flexibility index (Phi) is 4.41. The smallest absolute Gasteiger partial charge is 0.350 e. The van der Waals surface area contributed by atoms with E-state index in [1.54, 1.807) is 6.07 Å². The van der Waals surface area contributed by atoms with E-state index >= 15 is 0 Å². The molecule has 0 aliphatic rings. The summed E-state index contributed by atoms with van der Waals surface area (Å²) in [5.41, 5.74) is 7.50. The van der Waals surface area contributed by atoms with Crippen LogP contribution in [-0.2, 0) is 11.2 Å². The first-order chi connectivity index (χ1) is 9.20. The molecule has 0 bridgehead atoms. The lowest BCUT2D eigenvalue weighted by molar-refractivity contribution is 0.0607. The fourth-order valence-electron chi connectivity index (χ4n) is 1.72. The van der Waals surface area contributed by atoms with Crippen LogP contribution in [0.15, 0.2) is 36.4 Å². The molecule has 5 heteroatoms. The number of nitrogens with two attached hydrogens (primary N) is 1. The molecule has 1 aromatic heterocycles. The number of nitrogen functional groups attached to an aromatic ring is 1. The van der Waals surface area contributed by atoms with E-state index in [-0.39, 0.29) is 0 Å². The summed E-state index contributed by atoms with van der Waals surface area (Å²) in [4.78, 5) is 11.9. The van der Waals surface area contributed by atoms with Gasteiger partial charge in [-0.15, -0.1) is 11.3 Å². The van der Waals surface area contributed by atoms with Crippen LogP contribution in [0.2, 0.25) is 0 Å². The van der Waals surface area contributed by atoms with Crippen LogP contribution in [0.25, 0.3) is 0 Å². The number of anilines is 2. The van der Waals surface area contributed by atoms with Gasteiger partial charge in [-0.05, 0) is 18.1 Å². The minimum Gasteiger partial charge on any atom is -0.465 e. The van der Waals surface area contributed by atoms with Crippen LogP contribution >= 0.6 is 11.3 Å². The Morgan fingerprint density at radius 3 is 2.79 bits per heavy atom. The number of rotatable bonds is 5. The predicted octanol–water partition coefficient (Wildman–Crippen LogP) is 2.77. The van der Waals surface area contributed by atoms with E-state index in [1.807, 2.05) is 18.2 Å². The molecule has 0 radical (unpaired) electrons. The van der Waals surface area contributed by atoms with Crippen LogP contribution in [0.4, 0.5) is 10.7 Å². The van der Waals surface area contributed by atoms with Gasteiger partial charge in [-0.1, -0.05) is 30.3 Å². The van der Waals surface area contributed by atoms with E-state index in [0.717, 1.165) is 18.0 Å². The standard InChI is InChI=1S/C14H16N2O2S/c1-18-14(17)13-11(15)9-12(19-13)16-8-7-10-5-3-2-4-6-10/h2-6,9,16H,7-8,15H2,1H3. The molecule has 2 rings (SSSR count). The second-order valence-corrected chi connectivity index (χ2v) is 5.10. The van der Waals surface area contributed by atoms with Gasteiger partial charge in [0, 0.05) is 6.54 Å². The maximum Gasteiger partial charge on any atom is 0.350 e. The molecule has 0 saturated carbocycles. The van der Waals surface area contributed by atoms with Crippen molar-refractivity contribution in [3.8, 4) is 0 Å². The summed E-state index contributed by atoms with van der Waals surface area (Å²) >= 11 is 1.32. The van der Waals surface area contributed by atoms with E-state index in [9.17, 15) is 4.79 Å². The van der Waals surface area contributed by atoms with Crippen molar-refractivity contribution in [2.75, 3.05) is 24.7 Å². The monoisotopic (exact) mass is 276 g/mol. The molecule has 100 valence electrons. The number of ether oxygens (including phenoxy) is 1. The first kappa shape index (κ1) is 13.4. The second kappa shape index (κ2) is 6.24. The molecule has 0 saturated heterocycles. The summed E-state index contributed by atoms with van der Waals surface area (Å²) in [6, 6.07) is 12.0. The average molecular weight is 276 g/mol. The van der Waals surface area contributed by atoms with Gasteiger partial charge in [0.1, 0.15) is 4.88 Å². The summed E-state index contributed by atoms with van der Waals surface area (Å²) in [6.45, 7) is 0.796. The SMILES string of the molecule is COC(=O)c1sc(NCCc2ccccc2)cc1N. The molecular weight excluding hydrogens is 260 g/mol. The summed E-state index contributed by atoms with van der Waals surface area (Å²) in [5.74, 6) is -0.390. The minimum atomic E-state index is -0.390. The van der Waals surface area contributed by atoms with Gasteiger partial charge in [-0.3, -0.25) is 0 Å². The Morgan fingerprint density at radius 2 is 2.11 bits per heavy atom. The molecule has 0 aliphatic carbocycles. The maximum atomic E-state index is 11.4. The number of thiophene rings is 1. The normalized spacial score (nSPS) is 10.2. The molecule has 2 aromatic rings. The molecule has 0 aliphatic heterocycles. The quantitative estimate of drug-likeness (QED) is 0.824. The fraction of sp³-hybridized carbons (Fsp3) is 0.214. The number of carbonyl (C=O) groups is 1. The average Bonchev–Trinajstić information content (AvgIpc) is 2.80. The summed E-state index contributed by atoms with van der Waals surface area (Å²) in [7, 11) is 1.35. The zero-order chi connectivity index (χ0) is 13.7. The van der Waals surface area contributed by atoms with Gasteiger partial charge in [-0.2, -0.15) is 0 Å². The lowest BCUT2D eigenvalue weighted by atomic mass is 10.1. The largest absolute Gasteiger partial charge is 0.465 e. The number of methoxy groups -OCH3 is 1. The van der Waals surface area contributed by atoms with Crippen LogP contribution in [0.5, 0.6) is 0 Å². The van der Waals surface area contributed by atoms with Crippen LogP contribution in [0, 0.1) is 0 Å². The molecule has 0 unspecified atom stereocenters. The predicted molar refractivity (Wildman–Crippen MR) is 78.7 cm³/mol. The first-order valence-electron chi connectivity index (χ1n) is 5.96. The number of esters is 1. The van der Waals surface area contributed by atoms with Crippen LogP contribution < -0.4 is 11.1 Å². The number of hydrogen-bond acceptors (Lipinski definition) is 5. The van der Waals surface area contributed by atoms with Crippen LogP contribution in [0.1, 0.15) is 15.2 Å². The van der Waals surface area contributed by atoms with Gasteiger partial charge in [0.2, 0.25) is 0 Å². The lowest BCUT2D eigenvalue weighted by Gasteiger charge is -2.03. The minimum absolute atomic E-state index is 0.390. The Morgan fingerprint density at radius 1 is 1.37 bits per heavy atom. The third-order valence-corrected chi connectivity index (χ3v) is 3.78. The molecule has 0 spiro atoms. The topological polar surface area (TPSA) is 64.3 Å². The Hall–Kier alpha value is -2.01. The van der Waals surface area contributed by atoms with Crippen molar-refractivity contribution in [2.24, 2.45) is 0 Å². The van der Waals surface area contributed by atoms with Crippen molar-refractivity contribution in [3.05, 3.63) is 46.8 Å². The van der Waals surface area contributed by atoms with E-state index in [1.165, 1.54) is 24.0 Å². The van der Waals surface area contributed by atoms with Crippen molar-refractivity contribution < 1.29 is 9.53 Å². The van der Waals surface area contributed by atoms with Crippen LogP contribution in [-0.4, -0.2) is 19.6 Å². The van der Waals surface area contributed by atoms with E-state index in [0.29, 0.717) is 10.6 Å². The molecule has 4 nitrogen and oxygen atoms in total. The molecule has 0 amide bonds. The van der Waals surface area contributed by atoms with Gasteiger partial charge >= 0.3 is 5.97 Å². The van der Waals surface area contributed by atoms with Crippen molar-refractivity contribution in [3.63, 3.8) is 0 Å². The van der Waals surface area contributed by atoms with Crippen molar-refractivity contribution >= 4 is 28.0 Å².